The van der Waals surface area contributed by atoms with E-state index in [0.717, 1.165) is 5.56 Å². The Bertz CT molecular complexity index is 585. The maximum absolute atomic E-state index is 12.4. The van der Waals surface area contributed by atoms with E-state index in [1.807, 2.05) is 42.6 Å². The molecule has 1 aromatic carbocycles. The van der Waals surface area contributed by atoms with Crippen molar-refractivity contribution in [3.05, 3.63) is 66.0 Å². The summed E-state index contributed by atoms with van der Waals surface area (Å²) in [5.74, 6) is 0.806. The molecule has 0 radical (unpaired) electrons. The highest BCUT2D eigenvalue weighted by atomic mass is 16.1. The molecule has 1 aliphatic rings. The molecule has 1 aromatic heterocycles. The number of rotatable bonds is 4. The first kappa shape index (κ1) is 13.0. The molecular weight excluding hydrogens is 246 g/mol. The summed E-state index contributed by atoms with van der Waals surface area (Å²) in [6, 6.07) is 15.8. The van der Waals surface area contributed by atoms with E-state index in [2.05, 4.69) is 16.7 Å². The predicted molar refractivity (Wildman–Crippen MR) is 78.6 cm³/mol. The SMILES string of the molecule is O=C(C[n+]1ccccc1C1CCCC1)c1ccccc1. The molecule has 20 heavy (non-hydrogen) atoms. The minimum Gasteiger partial charge on any atom is -0.287 e. The topological polar surface area (TPSA) is 20.9 Å². The van der Waals surface area contributed by atoms with Crippen molar-refractivity contribution >= 4 is 5.78 Å². The van der Waals surface area contributed by atoms with Crippen LogP contribution in [0, 0.1) is 0 Å². The van der Waals surface area contributed by atoms with Crippen molar-refractivity contribution in [1.82, 2.24) is 0 Å². The molecule has 1 heterocycles. The molecular formula is C18H20NO+. The fourth-order valence-electron chi connectivity index (χ4n) is 3.10. The van der Waals surface area contributed by atoms with Gasteiger partial charge in [0.25, 0.3) is 0 Å². The fraction of sp³-hybridized carbons (Fsp3) is 0.333. The van der Waals surface area contributed by atoms with Crippen LogP contribution < -0.4 is 4.57 Å². The highest BCUT2D eigenvalue weighted by Crippen LogP contribution is 2.32. The van der Waals surface area contributed by atoms with Crippen LogP contribution >= 0.6 is 0 Å². The minimum absolute atomic E-state index is 0.182. The van der Waals surface area contributed by atoms with Gasteiger partial charge in [0.05, 0.1) is 0 Å². The summed E-state index contributed by atoms with van der Waals surface area (Å²) < 4.78 is 2.13. The number of carbonyl (C=O) groups excluding carboxylic acids is 1. The Hall–Kier alpha value is -1.96. The van der Waals surface area contributed by atoms with E-state index in [-0.39, 0.29) is 5.78 Å². The standard InChI is InChI=1S/C18H20NO/c20-18(16-10-2-1-3-11-16)14-19-13-7-6-12-17(19)15-8-4-5-9-15/h1-3,6-7,10-13,15H,4-5,8-9,14H2/q+1. The fourth-order valence-corrected chi connectivity index (χ4v) is 3.10. The first-order valence-corrected chi connectivity index (χ1v) is 7.41. The average Bonchev–Trinajstić information content (AvgIpc) is 3.03. The third-order valence-corrected chi connectivity index (χ3v) is 4.16. The summed E-state index contributed by atoms with van der Waals surface area (Å²) in [7, 11) is 0. The monoisotopic (exact) mass is 266 g/mol. The Labute approximate surface area is 120 Å². The zero-order chi connectivity index (χ0) is 13.8. The van der Waals surface area contributed by atoms with E-state index in [1.165, 1.54) is 31.4 Å². The molecule has 0 bridgehead atoms. The molecule has 2 nitrogen and oxygen atoms in total. The van der Waals surface area contributed by atoms with Crippen molar-refractivity contribution in [2.24, 2.45) is 0 Å². The van der Waals surface area contributed by atoms with E-state index in [1.54, 1.807) is 0 Å². The molecule has 102 valence electrons. The Morgan fingerprint density at radius 1 is 1.00 bits per heavy atom. The van der Waals surface area contributed by atoms with Crippen LogP contribution in [0.4, 0.5) is 0 Å². The van der Waals surface area contributed by atoms with E-state index in [0.29, 0.717) is 12.5 Å². The van der Waals surface area contributed by atoms with E-state index >= 15 is 0 Å². The highest BCUT2D eigenvalue weighted by Gasteiger charge is 2.26. The molecule has 0 N–H and O–H groups in total. The van der Waals surface area contributed by atoms with Gasteiger partial charge in [-0.3, -0.25) is 4.79 Å². The van der Waals surface area contributed by atoms with Crippen LogP contribution in [0.25, 0.3) is 0 Å². The number of carbonyl (C=O) groups is 1. The highest BCUT2D eigenvalue weighted by molar-refractivity contribution is 5.94. The van der Waals surface area contributed by atoms with Crippen molar-refractivity contribution < 1.29 is 9.36 Å². The number of nitrogens with zero attached hydrogens (tertiary/aromatic N) is 1. The van der Waals surface area contributed by atoms with Crippen LogP contribution in [0.2, 0.25) is 0 Å². The molecule has 2 aromatic rings. The number of benzene rings is 1. The first-order valence-electron chi connectivity index (χ1n) is 7.41. The van der Waals surface area contributed by atoms with Gasteiger partial charge >= 0.3 is 0 Å². The van der Waals surface area contributed by atoms with Gasteiger partial charge in [-0.05, 0) is 12.8 Å². The summed E-state index contributed by atoms with van der Waals surface area (Å²) in [6.45, 7) is 0.441. The second-order valence-corrected chi connectivity index (χ2v) is 5.52. The second-order valence-electron chi connectivity index (χ2n) is 5.52. The maximum atomic E-state index is 12.4. The van der Waals surface area contributed by atoms with E-state index in [9.17, 15) is 4.79 Å². The van der Waals surface area contributed by atoms with Crippen molar-refractivity contribution in [2.45, 2.75) is 38.1 Å². The third kappa shape index (κ3) is 2.79. The normalized spacial score (nSPS) is 15.4. The third-order valence-electron chi connectivity index (χ3n) is 4.16. The molecule has 0 spiro atoms. The largest absolute Gasteiger partial charge is 0.287 e. The molecule has 3 rings (SSSR count). The number of Topliss-reactive ketones (excluding diaryl/α,β-unsaturated/α-hetero) is 1. The summed E-state index contributed by atoms with van der Waals surface area (Å²) in [5.41, 5.74) is 2.11. The minimum atomic E-state index is 0.182. The van der Waals surface area contributed by atoms with E-state index < -0.39 is 0 Å². The van der Waals surface area contributed by atoms with Gasteiger partial charge < -0.3 is 0 Å². The second kappa shape index (κ2) is 6.00. The lowest BCUT2D eigenvalue weighted by atomic mass is 10.0. The molecule has 0 amide bonds. The average molecular weight is 266 g/mol. The van der Waals surface area contributed by atoms with Gasteiger partial charge in [0.1, 0.15) is 0 Å². The molecule has 0 atom stereocenters. The van der Waals surface area contributed by atoms with Crippen LogP contribution in [0.15, 0.2) is 54.7 Å². The van der Waals surface area contributed by atoms with Gasteiger partial charge in [0, 0.05) is 23.6 Å². The maximum Gasteiger partial charge on any atom is 0.227 e. The Morgan fingerprint density at radius 3 is 2.45 bits per heavy atom. The number of hydrogen-bond acceptors (Lipinski definition) is 1. The predicted octanol–water partition coefficient (Wildman–Crippen LogP) is 3.51. The van der Waals surface area contributed by atoms with E-state index in [4.69, 9.17) is 0 Å². The number of pyridine rings is 1. The number of hydrogen-bond donors (Lipinski definition) is 0. The van der Waals surface area contributed by atoms with Gasteiger partial charge in [-0.25, -0.2) is 0 Å². The van der Waals surface area contributed by atoms with Gasteiger partial charge in [0.2, 0.25) is 12.3 Å². The van der Waals surface area contributed by atoms with Gasteiger partial charge in [-0.15, -0.1) is 0 Å². The van der Waals surface area contributed by atoms with Gasteiger partial charge in [0.15, 0.2) is 11.9 Å². The van der Waals surface area contributed by atoms with Gasteiger partial charge in [-0.2, -0.15) is 4.57 Å². The molecule has 1 fully saturated rings. The van der Waals surface area contributed by atoms with Crippen molar-refractivity contribution in [1.29, 1.82) is 0 Å². The Balaban J connectivity index is 1.82. The Kier molecular flexibility index (Phi) is 3.91. The van der Waals surface area contributed by atoms with Crippen molar-refractivity contribution in [3.63, 3.8) is 0 Å². The van der Waals surface area contributed by atoms with Crippen LogP contribution in [-0.4, -0.2) is 5.78 Å². The molecule has 0 saturated heterocycles. The van der Waals surface area contributed by atoms with Crippen LogP contribution in [0.3, 0.4) is 0 Å². The Morgan fingerprint density at radius 2 is 1.70 bits per heavy atom. The summed E-state index contributed by atoms with van der Waals surface area (Å²) in [5, 5.41) is 0. The number of ketones is 1. The zero-order valence-corrected chi connectivity index (χ0v) is 11.7. The van der Waals surface area contributed by atoms with Crippen LogP contribution in [0.5, 0.6) is 0 Å². The molecule has 0 unspecified atom stereocenters. The lowest BCUT2D eigenvalue weighted by Crippen LogP contribution is -2.42. The summed E-state index contributed by atoms with van der Waals surface area (Å²) in [6.07, 6.45) is 7.17. The molecule has 0 aliphatic heterocycles. The molecule has 2 heteroatoms. The lowest BCUT2D eigenvalue weighted by Gasteiger charge is -2.08. The van der Waals surface area contributed by atoms with Crippen LogP contribution in [0.1, 0.15) is 47.7 Å². The quantitative estimate of drug-likeness (QED) is 0.613. The summed E-state index contributed by atoms with van der Waals surface area (Å²) in [4.78, 5) is 12.4. The summed E-state index contributed by atoms with van der Waals surface area (Å²) >= 11 is 0. The van der Waals surface area contributed by atoms with Crippen LogP contribution in [-0.2, 0) is 6.54 Å². The molecule has 1 saturated carbocycles. The van der Waals surface area contributed by atoms with Crippen molar-refractivity contribution in [3.8, 4) is 0 Å². The van der Waals surface area contributed by atoms with Crippen molar-refractivity contribution in [2.75, 3.05) is 0 Å². The van der Waals surface area contributed by atoms with Gasteiger partial charge in [-0.1, -0.05) is 49.2 Å². The smallest absolute Gasteiger partial charge is 0.227 e. The molecule has 1 aliphatic carbocycles. The zero-order valence-electron chi connectivity index (χ0n) is 11.7. The lowest BCUT2D eigenvalue weighted by molar-refractivity contribution is -0.692. The number of aromatic nitrogens is 1. The first-order chi connectivity index (χ1) is 9.84.